The maximum Gasteiger partial charge on any atom is 0.0647 e. The second-order valence-electron chi connectivity index (χ2n) is 1.15. The Morgan fingerprint density at radius 1 is 0.714 bits per heavy atom. The highest BCUT2D eigenvalue weighted by Gasteiger charge is 1.29. The van der Waals surface area contributed by atoms with Crippen molar-refractivity contribution in [3.8, 4) is 0 Å². The number of quaternary nitrogens is 2. The molecule has 0 atom stereocenters. The quantitative estimate of drug-likeness (QED) is 0.344. The van der Waals surface area contributed by atoms with Crippen molar-refractivity contribution in [2.45, 2.75) is 0 Å². The largest absolute Gasteiger partial charge is 2.00 e. The van der Waals surface area contributed by atoms with E-state index in [-0.39, 0.29) is 5.48 Å². The topological polar surface area (TPSA) is 61.7 Å². The van der Waals surface area contributed by atoms with Crippen molar-refractivity contribution >= 4 is 0 Å². The van der Waals surface area contributed by atoms with Crippen molar-refractivity contribution < 1.29 is 16.1 Å². The molecule has 0 bridgehead atoms. The van der Waals surface area contributed by atoms with Gasteiger partial charge in [0.1, 0.15) is 0 Å². The highest BCUT2D eigenvalue weighted by atomic mass is 16.0. The van der Waals surface area contributed by atoms with Crippen LogP contribution in [0.25, 0.3) is 0 Å². The summed E-state index contributed by atoms with van der Waals surface area (Å²) in [4.78, 5) is 0. The lowest BCUT2D eigenvalue weighted by atomic mass is 11.3. The van der Waals surface area contributed by atoms with Crippen LogP contribution in [0.5, 0.6) is 0 Å². The Kier molecular flexibility index (Phi) is 89.4. The molecule has 0 saturated carbocycles. The van der Waals surface area contributed by atoms with E-state index in [1.54, 1.807) is 0 Å². The van der Waals surface area contributed by atoms with Gasteiger partial charge in [-0.25, -0.2) is 0 Å². The predicted octanol–water partition coefficient (Wildman–Crippen LogP) is -2.50. The van der Waals surface area contributed by atoms with Crippen LogP contribution in [0, 0.1) is 0 Å². The summed E-state index contributed by atoms with van der Waals surface area (Å²) in [7, 11) is 8.00. The summed E-state index contributed by atoms with van der Waals surface area (Å²) in [6.07, 6.45) is 0. The van der Waals surface area contributed by atoms with Gasteiger partial charge in [0.2, 0.25) is 0 Å². The molecule has 0 heterocycles. The Morgan fingerprint density at radius 2 is 0.714 bits per heavy atom. The van der Waals surface area contributed by atoms with Gasteiger partial charge >= 0.3 is 0 Å². The number of hydrogen-bond donors (Lipinski definition) is 2. The molecule has 0 aromatic rings. The lowest BCUT2D eigenvalue weighted by Gasteiger charge is -2.00. The first-order valence-electron chi connectivity index (χ1n) is 2.31. The number of rotatable bonds is 0. The van der Waals surface area contributed by atoms with Crippen LogP contribution in [0.1, 0.15) is 0 Å². The zero-order valence-electron chi connectivity index (χ0n) is 5.56. The standard InChI is InChI=1S/2C2H7N.O/c2*1-3-2;/h2*3H,1-2H3;/q;;-2/p+2. The summed E-state index contributed by atoms with van der Waals surface area (Å²) < 4.78 is 0. The smallest absolute Gasteiger partial charge is 0.0647 e. The van der Waals surface area contributed by atoms with E-state index in [4.69, 9.17) is 0 Å². The second kappa shape index (κ2) is 39.6. The summed E-state index contributed by atoms with van der Waals surface area (Å²) in [5.74, 6) is 0. The molecule has 3 heteroatoms. The van der Waals surface area contributed by atoms with Gasteiger partial charge in [0.25, 0.3) is 0 Å². The van der Waals surface area contributed by atoms with Crippen molar-refractivity contribution in [1.29, 1.82) is 0 Å². The molecule has 0 aliphatic carbocycles. The molecule has 4 N–H and O–H groups in total. The van der Waals surface area contributed by atoms with E-state index in [1.807, 2.05) is 38.8 Å². The maximum atomic E-state index is 2.00. The van der Waals surface area contributed by atoms with Crippen LogP contribution in [-0.2, 0) is 5.48 Å². The van der Waals surface area contributed by atoms with Crippen molar-refractivity contribution in [2.75, 3.05) is 28.2 Å². The van der Waals surface area contributed by atoms with Crippen molar-refractivity contribution in [3.63, 3.8) is 0 Å². The second-order valence-corrected chi connectivity index (χ2v) is 1.15. The average Bonchev–Trinajstić information content (AvgIpc) is 1.39. The fraction of sp³-hybridized carbons (Fsp3) is 1.00. The summed E-state index contributed by atoms with van der Waals surface area (Å²) >= 11 is 0. The Balaban J connectivity index is -0.0000000400. The van der Waals surface area contributed by atoms with E-state index in [0.717, 1.165) is 0 Å². The van der Waals surface area contributed by atoms with Crippen LogP contribution < -0.4 is 10.6 Å². The Hall–Kier alpha value is -0.120. The third-order valence-electron chi connectivity index (χ3n) is 0. The van der Waals surface area contributed by atoms with Gasteiger partial charge in [-0.15, -0.1) is 0 Å². The van der Waals surface area contributed by atoms with Crippen LogP contribution in [0.2, 0.25) is 0 Å². The highest BCUT2D eigenvalue weighted by molar-refractivity contribution is 3.35. The normalized spacial score (nSPS) is 5.14. The molecule has 0 aromatic heterocycles. The van der Waals surface area contributed by atoms with Crippen LogP contribution in [-0.4, -0.2) is 28.2 Å². The van der Waals surface area contributed by atoms with Gasteiger partial charge in [-0.05, 0) is 0 Å². The van der Waals surface area contributed by atoms with Gasteiger partial charge in [0, 0.05) is 0 Å². The molecule has 0 aromatic carbocycles. The van der Waals surface area contributed by atoms with Gasteiger partial charge in [0.05, 0.1) is 28.2 Å². The average molecular weight is 108 g/mol. The molecule has 0 unspecified atom stereocenters. The predicted molar refractivity (Wildman–Crippen MR) is 28.2 cm³/mol. The van der Waals surface area contributed by atoms with E-state index >= 15 is 0 Å². The Morgan fingerprint density at radius 3 is 0.714 bits per heavy atom. The molecule has 3 nitrogen and oxygen atoms in total. The minimum atomic E-state index is 0. The highest BCUT2D eigenvalue weighted by Crippen LogP contribution is 0.589. The molecule has 0 radical (unpaired) electrons. The molecular weight excluding hydrogens is 92.1 g/mol. The van der Waals surface area contributed by atoms with Crippen LogP contribution in [0.15, 0.2) is 0 Å². The molecule has 0 aliphatic heterocycles. The molecule has 7 heavy (non-hydrogen) atoms. The van der Waals surface area contributed by atoms with E-state index in [0.29, 0.717) is 0 Å². The first-order chi connectivity index (χ1) is 2.83. The van der Waals surface area contributed by atoms with Gasteiger partial charge in [-0.1, -0.05) is 0 Å². The van der Waals surface area contributed by atoms with Crippen molar-refractivity contribution in [1.82, 2.24) is 0 Å². The minimum Gasteiger partial charge on any atom is -2.00 e. The van der Waals surface area contributed by atoms with Gasteiger partial charge < -0.3 is 16.1 Å². The molecule has 0 fully saturated rings. The van der Waals surface area contributed by atoms with Gasteiger partial charge in [-0.2, -0.15) is 0 Å². The third-order valence-corrected chi connectivity index (χ3v) is 0. The number of hydrogen-bond acceptors (Lipinski definition) is 0. The third kappa shape index (κ3) is 6150. The Bertz CT molecular complexity index is 11.7. The summed E-state index contributed by atoms with van der Waals surface area (Å²) in [6.45, 7) is 0. The first kappa shape index (κ1) is 15.8. The minimum absolute atomic E-state index is 0. The zero-order valence-corrected chi connectivity index (χ0v) is 5.56. The van der Waals surface area contributed by atoms with E-state index in [9.17, 15) is 0 Å². The molecule has 48 valence electrons. The maximum absolute atomic E-state index is 2.00. The van der Waals surface area contributed by atoms with E-state index < -0.39 is 0 Å². The SMILES string of the molecule is C[NH2+]C.C[NH2+]C.[O-2]. The first-order valence-corrected chi connectivity index (χ1v) is 2.31. The van der Waals surface area contributed by atoms with E-state index in [2.05, 4.69) is 0 Å². The molecule has 0 aliphatic rings. The lowest BCUT2D eigenvalue weighted by molar-refractivity contribution is -0.597. The molecule has 0 amide bonds. The summed E-state index contributed by atoms with van der Waals surface area (Å²) in [6, 6.07) is 0. The number of nitrogens with two attached hydrogens (primary N) is 2. The van der Waals surface area contributed by atoms with Crippen molar-refractivity contribution in [3.05, 3.63) is 0 Å². The molecule has 0 spiro atoms. The van der Waals surface area contributed by atoms with Crippen LogP contribution >= 0.6 is 0 Å². The van der Waals surface area contributed by atoms with Crippen LogP contribution in [0.4, 0.5) is 0 Å². The zero-order chi connectivity index (χ0) is 5.41. The van der Waals surface area contributed by atoms with Gasteiger partial charge in [0.15, 0.2) is 0 Å². The fourth-order valence-corrected chi connectivity index (χ4v) is 0. The summed E-state index contributed by atoms with van der Waals surface area (Å²) in [5.41, 5.74) is 0. The molecule has 0 rings (SSSR count). The van der Waals surface area contributed by atoms with Crippen molar-refractivity contribution in [2.24, 2.45) is 0 Å². The Labute approximate surface area is 45.4 Å². The summed E-state index contributed by atoms with van der Waals surface area (Å²) in [5, 5.41) is 4.00. The van der Waals surface area contributed by atoms with Crippen LogP contribution in [0.3, 0.4) is 0 Å². The fourth-order valence-electron chi connectivity index (χ4n) is 0. The molecular formula is C4H16N2O. The monoisotopic (exact) mass is 108 g/mol. The van der Waals surface area contributed by atoms with E-state index in [1.165, 1.54) is 0 Å². The van der Waals surface area contributed by atoms with Gasteiger partial charge in [-0.3, -0.25) is 0 Å². The molecule has 0 saturated heterocycles. The lowest BCUT2D eigenvalue weighted by Crippen LogP contribution is -2.74.